The maximum atomic E-state index is 13.4. The molecular formula is C17H17F2N7. The monoisotopic (exact) mass is 357 g/mol. The highest BCUT2D eigenvalue weighted by molar-refractivity contribution is 5.61. The molecule has 0 radical (unpaired) electrons. The largest absolute Gasteiger partial charge is 0.384 e. The minimum Gasteiger partial charge on any atom is -0.384 e. The molecule has 0 aliphatic heterocycles. The molecule has 0 spiro atoms. The van der Waals surface area contributed by atoms with Crippen LogP contribution in [0.2, 0.25) is 0 Å². The highest BCUT2D eigenvalue weighted by atomic mass is 19.1. The first-order valence-corrected chi connectivity index (χ1v) is 7.86. The molecule has 3 aromatic rings. The number of nitrogen functional groups attached to an aromatic ring is 1. The number of nitrogens with zero attached hydrogens (tertiary/aromatic N) is 4. The molecule has 0 amide bonds. The van der Waals surface area contributed by atoms with Gasteiger partial charge in [0.25, 0.3) is 0 Å². The summed E-state index contributed by atoms with van der Waals surface area (Å²) < 4.78 is 26.8. The van der Waals surface area contributed by atoms with Gasteiger partial charge >= 0.3 is 0 Å². The van der Waals surface area contributed by atoms with E-state index in [0.717, 1.165) is 18.2 Å². The van der Waals surface area contributed by atoms with Gasteiger partial charge in [-0.3, -0.25) is 0 Å². The summed E-state index contributed by atoms with van der Waals surface area (Å²) in [5, 5.41) is 5.87. The molecule has 26 heavy (non-hydrogen) atoms. The summed E-state index contributed by atoms with van der Waals surface area (Å²) in [5.41, 5.74) is 6.41. The minimum absolute atomic E-state index is 0.0780. The van der Waals surface area contributed by atoms with Crippen molar-refractivity contribution in [3.8, 4) is 11.4 Å². The van der Waals surface area contributed by atoms with E-state index in [9.17, 15) is 8.78 Å². The maximum Gasteiger partial charge on any atom is 0.232 e. The molecule has 0 aliphatic rings. The summed E-state index contributed by atoms with van der Waals surface area (Å²) in [6.45, 7) is 3.87. The lowest BCUT2D eigenvalue weighted by Crippen LogP contribution is -2.14. The first kappa shape index (κ1) is 17.5. The fourth-order valence-corrected chi connectivity index (χ4v) is 2.18. The summed E-state index contributed by atoms with van der Waals surface area (Å²) in [5.74, 6) is -0.233. The Morgan fingerprint density at radius 1 is 0.962 bits per heavy atom. The smallest absolute Gasteiger partial charge is 0.232 e. The number of hydrogen-bond donors (Lipinski definition) is 3. The van der Waals surface area contributed by atoms with Crippen molar-refractivity contribution in [2.24, 2.45) is 0 Å². The Labute approximate surface area is 148 Å². The molecule has 134 valence electrons. The number of halogens is 2. The van der Waals surface area contributed by atoms with Gasteiger partial charge in [-0.1, -0.05) is 0 Å². The second kappa shape index (κ2) is 7.26. The van der Waals surface area contributed by atoms with Gasteiger partial charge in [-0.25, -0.2) is 13.8 Å². The number of pyridine rings is 1. The van der Waals surface area contributed by atoms with Gasteiger partial charge in [-0.15, -0.1) is 0 Å². The molecule has 7 nitrogen and oxygen atoms in total. The molecule has 4 N–H and O–H groups in total. The number of aromatic nitrogens is 4. The predicted octanol–water partition coefficient (Wildman–Crippen LogP) is 3.36. The van der Waals surface area contributed by atoms with E-state index in [2.05, 4.69) is 30.6 Å². The summed E-state index contributed by atoms with van der Waals surface area (Å²) in [6.07, 6.45) is 1.54. The van der Waals surface area contributed by atoms with Gasteiger partial charge < -0.3 is 16.4 Å². The van der Waals surface area contributed by atoms with Crippen molar-refractivity contribution < 1.29 is 8.78 Å². The molecule has 0 saturated heterocycles. The van der Waals surface area contributed by atoms with E-state index in [4.69, 9.17) is 5.73 Å². The number of rotatable bonds is 5. The van der Waals surface area contributed by atoms with Crippen molar-refractivity contribution in [1.29, 1.82) is 0 Å². The van der Waals surface area contributed by atoms with Gasteiger partial charge in [0.15, 0.2) is 5.82 Å². The van der Waals surface area contributed by atoms with Gasteiger partial charge in [0.05, 0.1) is 0 Å². The van der Waals surface area contributed by atoms with Crippen molar-refractivity contribution >= 4 is 23.4 Å². The molecule has 9 heteroatoms. The van der Waals surface area contributed by atoms with Crippen molar-refractivity contribution in [2.45, 2.75) is 19.9 Å². The average Bonchev–Trinajstić information content (AvgIpc) is 2.53. The normalized spacial score (nSPS) is 10.8. The minimum atomic E-state index is -0.704. The zero-order valence-electron chi connectivity index (χ0n) is 14.2. The lowest BCUT2D eigenvalue weighted by molar-refractivity contribution is 0.584. The van der Waals surface area contributed by atoms with Crippen LogP contribution in [0.4, 0.5) is 32.2 Å². The molecule has 0 fully saturated rings. The van der Waals surface area contributed by atoms with Crippen LogP contribution in [-0.4, -0.2) is 26.0 Å². The Kier molecular flexibility index (Phi) is 4.87. The first-order chi connectivity index (χ1) is 12.4. The van der Waals surface area contributed by atoms with Crippen LogP contribution in [0, 0.1) is 11.6 Å². The molecule has 0 unspecified atom stereocenters. The Hall–Kier alpha value is -3.36. The zero-order valence-corrected chi connectivity index (χ0v) is 14.2. The first-order valence-electron chi connectivity index (χ1n) is 7.86. The molecule has 1 aromatic carbocycles. The fraction of sp³-hybridized carbons (Fsp3) is 0.176. The third kappa shape index (κ3) is 4.38. The van der Waals surface area contributed by atoms with E-state index in [1.807, 2.05) is 13.8 Å². The van der Waals surface area contributed by atoms with E-state index < -0.39 is 11.6 Å². The van der Waals surface area contributed by atoms with Crippen LogP contribution in [0.25, 0.3) is 11.4 Å². The van der Waals surface area contributed by atoms with Crippen LogP contribution >= 0.6 is 0 Å². The Morgan fingerprint density at radius 3 is 2.27 bits per heavy atom. The zero-order chi connectivity index (χ0) is 18.7. The summed E-state index contributed by atoms with van der Waals surface area (Å²) >= 11 is 0. The van der Waals surface area contributed by atoms with Gasteiger partial charge in [-0.2, -0.15) is 15.0 Å². The van der Waals surface area contributed by atoms with Crippen LogP contribution in [-0.2, 0) is 0 Å². The van der Waals surface area contributed by atoms with Crippen LogP contribution in [0.3, 0.4) is 0 Å². The van der Waals surface area contributed by atoms with Crippen molar-refractivity contribution in [1.82, 2.24) is 19.9 Å². The van der Waals surface area contributed by atoms with Crippen LogP contribution in [0.1, 0.15) is 13.8 Å². The van der Waals surface area contributed by atoms with Crippen LogP contribution < -0.4 is 16.4 Å². The number of hydrogen-bond acceptors (Lipinski definition) is 7. The summed E-state index contributed by atoms with van der Waals surface area (Å²) in [4.78, 5) is 16.9. The van der Waals surface area contributed by atoms with E-state index in [-0.39, 0.29) is 17.7 Å². The molecular weight excluding hydrogens is 340 g/mol. The number of anilines is 4. The molecule has 0 bridgehead atoms. The number of nitrogens with one attached hydrogen (secondary N) is 2. The van der Waals surface area contributed by atoms with E-state index in [1.54, 1.807) is 12.1 Å². The van der Waals surface area contributed by atoms with Crippen molar-refractivity contribution in [3.63, 3.8) is 0 Å². The van der Waals surface area contributed by atoms with Crippen molar-refractivity contribution in [2.75, 3.05) is 16.4 Å². The molecule has 2 heterocycles. The van der Waals surface area contributed by atoms with Crippen LogP contribution in [0.5, 0.6) is 0 Å². The van der Waals surface area contributed by atoms with Gasteiger partial charge in [0, 0.05) is 29.6 Å². The van der Waals surface area contributed by atoms with Crippen molar-refractivity contribution in [3.05, 3.63) is 48.2 Å². The molecule has 0 aliphatic carbocycles. The van der Waals surface area contributed by atoms with E-state index >= 15 is 0 Å². The molecule has 0 saturated carbocycles. The van der Waals surface area contributed by atoms with Gasteiger partial charge in [0.1, 0.15) is 17.5 Å². The van der Waals surface area contributed by atoms with Gasteiger partial charge in [-0.05, 0) is 38.1 Å². The third-order valence-corrected chi connectivity index (χ3v) is 3.22. The van der Waals surface area contributed by atoms with E-state index in [1.165, 1.54) is 6.20 Å². The Bertz CT molecular complexity index is 893. The number of benzene rings is 1. The molecule has 2 aromatic heterocycles. The fourth-order valence-electron chi connectivity index (χ4n) is 2.18. The summed E-state index contributed by atoms with van der Waals surface area (Å²) in [6, 6.07) is 6.51. The third-order valence-electron chi connectivity index (χ3n) is 3.22. The lowest BCUT2D eigenvalue weighted by atomic mass is 10.2. The SMILES string of the molecule is CC(C)Nc1nc(Nc2cc(F)cc(F)c2)nc(-c2ccc(N)nc2)n1. The second-order valence-corrected chi connectivity index (χ2v) is 5.86. The average molecular weight is 357 g/mol. The quantitative estimate of drug-likeness (QED) is 0.643. The standard InChI is InChI=1S/C17H17F2N7/c1-9(2)22-16-24-15(10-3-4-14(20)21-8-10)25-17(26-16)23-13-6-11(18)5-12(19)7-13/h3-9H,1-2H3,(H2,20,21)(H2,22,23,24,25,26). The van der Waals surface area contributed by atoms with Gasteiger partial charge in [0.2, 0.25) is 11.9 Å². The number of nitrogens with two attached hydrogens (primary N) is 1. The lowest BCUT2D eigenvalue weighted by Gasteiger charge is -2.12. The maximum absolute atomic E-state index is 13.4. The Balaban J connectivity index is 2.00. The second-order valence-electron chi connectivity index (χ2n) is 5.86. The molecule has 0 atom stereocenters. The molecule has 3 rings (SSSR count). The summed E-state index contributed by atoms with van der Waals surface area (Å²) in [7, 11) is 0. The Morgan fingerprint density at radius 2 is 1.65 bits per heavy atom. The highest BCUT2D eigenvalue weighted by Crippen LogP contribution is 2.21. The topological polar surface area (TPSA) is 102 Å². The van der Waals surface area contributed by atoms with Crippen LogP contribution in [0.15, 0.2) is 36.5 Å². The van der Waals surface area contributed by atoms with E-state index in [0.29, 0.717) is 23.2 Å². The highest BCUT2D eigenvalue weighted by Gasteiger charge is 2.11. The predicted molar refractivity (Wildman–Crippen MR) is 95.9 cm³/mol.